The molecule has 0 unspecified atom stereocenters. The molecule has 0 aliphatic heterocycles. The highest BCUT2D eigenvalue weighted by molar-refractivity contribution is 7.80. The molecular formula is C12H8F3N3O2S. The topological polar surface area (TPSA) is 70.3 Å². The fraction of sp³-hybridized carbons (Fsp3) is 0.0833. The molecule has 5 nitrogen and oxygen atoms in total. The van der Waals surface area contributed by atoms with E-state index in [9.17, 15) is 13.2 Å². The van der Waals surface area contributed by atoms with E-state index in [0.717, 1.165) is 12.1 Å². The molecule has 1 heterocycles. The van der Waals surface area contributed by atoms with Crippen LogP contribution in [0.25, 0.3) is 0 Å². The Balaban J connectivity index is 2.16. The number of rotatable bonds is 4. The van der Waals surface area contributed by atoms with Gasteiger partial charge in [-0.1, -0.05) is 12.2 Å². The molecular weight excluding hydrogens is 307 g/mol. The Labute approximate surface area is 122 Å². The molecule has 0 aliphatic rings. The van der Waals surface area contributed by atoms with E-state index in [-0.39, 0.29) is 28.1 Å². The van der Waals surface area contributed by atoms with Crippen molar-refractivity contribution in [3.8, 4) is 17.4 Å². The van der Waals surface area contributed by atoms with Crippen molar-refractivity contribution < 1.29 is 22.6 Å². The molecule has 0 radical (unpaired) electrons. The Hall–Kier alpha value is -2.42. The van der Waals surface area contributed by atoms with Crippen molar-refractivity contribution in [3.63, 3.8) is 0 Å². The number of hydrogen-bond donors (Lipinski definition) is 1. The molecule has 2 N–H and O–H groups in total. The van der Waals surface area contributed by atoms with Gasteiger partial charge in [-0.05, 0) is 24.3 Å². The van der Waals surface area contributed by atoms with Crippen LogP contribution in [-0.4, -0.2) is 21.3 Å². The molecule has 0 aliphatic carbocycles. The molecule has 9 heteroatoms. The second-order valence-corrected chi connectivity index (χ2v) is 4.14. The summed E-state index contributed by atoms with van der Waals surface area (Å²) in [5.41, 5.74) is 5.65. The predicted octanol–water partition coefficient (Wildman–Crippen LogP) is 2.80. The Kier molecular flexibility index (Phi) is 4.22. The Bertz CT molecular complexity index is 647. The van der Waals surface area contributed by atoms with Crippen LogP contribution in [0, 0.1) is 0 Å². The number of aromatic nitrogens is 2. The van der Waals surface area contributed by atoms with Crippen LogP contribution in [0.2, 0.25) is 0 Å². The van der Waals surface area contributed by atoms with Crippen LogP contribution < -0.4 is 15.2 Å². The van der Waals surface area contributed by atoms with Gasteiger partial charge in [-0.2, -0.15) is 0 Å². The summed E-state index contributed by atoms with van der Waals surface area (Å²) in [6.45, 7) is 0. The molecule has 1 aromatic heterocycles. The summed E-state index contributed by atoms with van der Waals surface area (Å²) in [5.74, 6) is -0.0550. The molecule has 1 aromatic carbocycles. The fourth-order valence-electron chi connectivity index (χ4n) is 1.39. The normalized spacial score (nSPS) is 11.0. The van der Waals surface area contributed by atoms with E-state index in [2.05, 4.69) is 14.7 Å². The van der Waals surface area contributed by atoms with Crippen molar-refractivity contribution in [2.75, 3.05) is 0 Å². The SMILES string of the molecule is NC(=S)c1nccnc1Oc1ccc(OC(F)(F)F)cc1. The summed E-state index contributed by atoms with van der Waals surface area (Å²) in [5, 5.41) is 0. The zero-order valence-electron chi connectivity index (χ0n) is 10.3. The molecule has 0 spiro atoms. The molecule has 0 fully saturated rings. The summed E-state index contributed by atoms with van der Waals surface area (Å²) in [6, 6.07) is 4.80. The fourth-order valence-corrected chi connectivity index (χ4v) is 1.53. The molecule has 0 atom stereocenters. The predicted molar refractivity (Wildman–Crippen MR) is 71.1 cm³/mol. The van der Waals surface area contributed by atoms with E-state index < -0.39 is 6.36 Å². The van der Waals surface area contributed by atoms with Gasteiger partial charge in [0.05, 0.1) is 0 Å². The number of benzene rings is 1. The van der Waals surface area contributed by atoms with E-state index in [1.807, 2.05) is 0 Å². The van der Waals surface area contributed by atoms with Crippen molar-refractivity contribution in [2.24, 2.45) is 5.73 Å². The van der Waals surface area contributed by atoms with Crippen LogP contribution in [0.3, 0.4) is 0 Å². The van der Waals surface area contributed by atoms with Gasteiger partial charge >= 0.3 is 6.36 Å². The summed E-state index contributed by atoms with van der Waals surface area (Å²) in [6.07, 6.45) is -1.98. The number of ether oxygens (including phenoxy) is 2. The van der Waals surface area contributed by atoms with Gasteiger partial charge in [0.25, 0.3) is 0 Å². The van der Waals surface area contributed by atoms with Crippen LogP contribution in [0.15, 0.2) is 36.7 Å². The van der Waals surface area contributed by atoms with E-state index in [1.54, 1.807) is 0 Å². The van der Waals surface area contributed by atoms with Gasteiger partial charge < -0.3 is 15.2 Å². The van der Waals surface area contributed by atoms with Gasteiger partial charge in [-0.25, -0.2) is 9.97 Å². The van der Waals surface area contributed by atoms with Crippen LogP contribution in [0.4, 0.5) is 13.2 Å². The lowest BCUT2D eigenvalue weighted by Crippen LogP contribution is -2.17. The first-order chi connectivity index (χ1) is 9.85. The minimum Gasteiger partial charge on any atom is -0.437 e. The van der Waals surface area contributed by atoms with E-state index in [1.165, 1.54) is 24.5 Å². The van der Waals surface area contributed by atoms with E-state index in [0.29, 0.717) is 0 Å². The average molecular weight is 315 g/mol. The second-order valence-electron chi connectivity index (χ2n) is 3.70. The monoisotopic (exact) mass is 315 g/mol. The summed E-state index contributed by atoms with van der Waals surface area (Å²) in [4.78, 5) is 7.82. The first-order valence-corrected chi connectivity index (χ1v) is 5.90. The van der Waals surface area contributed by atoms with Crippen molar-refractivity contribution in [2.45, 2.75) is 6.36 Å². The smallest absolute Gasteiger partial charge is 0.437 e. The van der Waals surface area contributed by atoms with Crippen LogP contribution >= 0.6 is 12.2 Å². The molecule has 0 bridgehead atoms. The third-order valence-corrected chi connectivity index (χ3v) is 2.36. The van der Waals surface area contributed by atoms with Gasteiger partial charge in [0.1, 0.15) is 16.5 Å². The van der Waals surface area contributed by atoms with Gasteiger partial charge in [0.2, 0.25) is 5.88 Å². The Morgan fingerprint density at radius 3 is 2.19 bits per heavy atom. The first-order valence-electron chi connectivity index (χ1n) is 5.49. The maximum absolute atomic E-state index is 12.0. The van der Waals surface area contributed by atoms with E-state index in [4.69, 9.17) is 22.7 Å². The number of alkyl halides is 3. The maximum Gasteiger partial charge on any atom is 0.573 e. The van der Waals surface area contributed by atoms with Gasteiger partial charge in [-0.3, -0.25) is 0 Å². The average Bonchev–Trinajstić information content (AvgIpc) is 2.40. The molecule has 2 aromatic rings. The minimum atomic E-state index is -4.74. The highest BCUT2D eigenvalue weighted by Gasteiger charge is 2.31. The molecule has 2 rings (SSSR count). The molecule has 21 heavy (non-hydrogen) atoms. The maximum atomic E-state index is 12.0. The number of halogens is 3. The highest BCUT2D eigenvalue weighted by Crippen LogP contribution is 2.27. The molecule has 0 saturated heterocycles. The van der Waals surface area contributed by atoms with Gasteiger partial charge in [0.15, 0.2) is 5.69 Å². The largest absolute Gasteiger partial charge is 0.573 e. The minimum absolute atomic E-state index is 0.00451. The number of thiocarbonyl (C=S) groups is 1. The molecule has 110 valence electrons. The summed E-state index contributed by atoms with van der Waals surface area (Å²) < 4.78 is 45.2. The number of nitrogens with zero attached hydrogens (tertiary/aromatic N) is 2. The van der Waals surface area contributed by atoms with Gasteiger partial charge in [-0.15, -0.1) is 13.2 Å². The second kappa shape index (κ2) is 5.92. The van der Waals surface area contributed by atoms with Crippen molar-refractivity contribution in [1.82, 2.24) is 9.97 Å². The van der Waals surface area contributed by atoms with Crippen LogP contribution in [-0.2, 0) is 0 Å². The lowest BCUT2D eigenvalue weighted by atomic mass is 10.3. The number of nitrogens with two attached hydrogens (primary N) is 1. The van der Waals surface area contributed by atoms with Crippen molar-refractivity contribution >= 4 is 17.2 Å². The third-order valence-electron chi connectivity index (χ3n) is 2.17. The summed E-state index contributed by atoms with van der Waals surface area (Å²) >= 11 is 4.80. The van der Waals surface area contributed by atoms with Crippen LogP contribution in [0.1, 0.15) is 5.69 Å². The third kappa shape index (κ3) is 4.28. The van der Waals surface area contributed by atoms with Crippen LogP contribution in [0.5, 0.6) is 17.4 Å². The Morgan fingerprint density at radius 2 is 1.62 bits per heavy atom. The van der Waals surface area contributed by atoms with Crippen molar-refractivity contribution in [3.05, 3.63) is 42.4 Å². The zero-order valence-corrected chi connectivity index (χ0v) is 11.1. The summed E-state index contributed by atoms with van der Waals surface area (Å²) in [7, 11) is 0. The molecule has 0 saturated carbocycles. The van der Waals surface area contributed by atoms with Gasteiger partial charge in [0, 0.05) is 12.4 Å². The number of hydrogen-bond acceptors (Lipinski definition) is 5. The van der Waals surface area contributed by atoms with E-state index >= 15 is 0 Å². The lowest BCUT2D eigenvalue weighted by Gasteiger charge is -2.10. The quantitative estimate of drug-likeness (QED) is 0.875. The highest BCUT2D eigenvalue weighted by atomic mass is 32.1. The first kappa shape index (κ1) is 15.0. The zero-order chi connectivity index (χ0) is 15.5. The molecule has 0 amide bonds. The lowest BCUT2D eigenvalue weighted by molar-refractivity contribution is -0.274. The Morgan fingerprint density at radius 1 is 1.05 bits per heavy atom. The standard InChI is InChI=1S/C12H8F3N3O2S/c13-12(14,15)20-8-3-1-7(2-4-8)19-11-9(10(16)21)17-5-6-18-11/h1-6H,(H2,16,21). The van der Waals surface area contributed by atoms with Crippen molar-refractivity contribution in [1.29, 1.82) is 0 Å².